The van der Waals surface area contributed by atoms with Crippen LogP contribution in [0, 0.1) is 5.82 Å². The number of hydrogen-bond donors (Lipinski definition) is 1. The first-order valence-corrected chi connectivity index (χ1v) is 11.4. The summed E-state index contributed by atoms with van der Waals surface area (Å²) in [4.78, 5) is 17.4. The van der Waals surface area contributed by atoms with Crippen molar-refractivity contribution in [1.29, 1.82) is 0 Å². The van der Waals surface area contributed by atoms with Crippen LogP contribution in [-0.4, -0.2) is 49.6 Å². The molecule has 1 amide bonds. The summed E-state index contributed by atoms with van der Waals surface area (Å²) in [6.07, 6.45) is 5.51. The summed E-state index contributed by atoms with van der Waals surface area (Å²) >= 11 is 0. The minimum Gasteiger partial charge on any atom is -0.489 e. The van der Waals surface area contributed by atoms with Crippen LogP contribution in [0.4, 0.5) is 10.1 Å². The van der Waals surface area contributed by atoms with Crippen LogP contribution in [0.5, 0.6) is 5.75 Å². The summed E-state index contributed by atoms with van der Waals surface area (Å²) in [5, 5.41) is 3.10. The first kappa shape index (κ1) is 21.6. The van der Waals surface area contributed by atoms with Crippen molar-refractivity contribution in [3.8, 4) is 5.75 Å². The molecule has 0 bridgehead atoms. The molecule has 2 aromatic carbocycles. The van der Waals surface area contributed by atoms with E-state index in [1.807, 2.05) is 24.3 Å². The lowest BCUT2D eigenvalue weighted by Gasteiger charge is -2.38. The van der Waals surface area contributed by atoms with Crippen molar-refractivity contribution in [2.24, 2.45) is 0 Å². The molecule has 0 unspecified atom stereocenters. The maximum absolute atomic E-state index is 13.3. The Balaban J connectivity index is 1.37. The normalized spacial score (nSPS) is 19.3. The highest BCUT2D eigenvalue weighted by atomic mass is 19.1. The number of nitrogens with one attached hydrogen (secondary N) is 1. The minimum absolute atomic E-state index is 0.0481. The average molecular weight is 426 g/mol. The van der Waals surface area contributed by atoms with Gasteiger partial charge in [0.15, 0.2) is 0 Å². The van der Waals surface area contributed by atoms with Gasteiger partial charge in [0.1, 0.15) is 18.2 Å². The zero-order valence-electron chi connectivity index (χ0n) is 18.1. The number of hydrogen-bond acceptors (Lipinski definition) is 4. The molecule has 0 aliphatic carbocycles. The van der Waals surface area contributed by atoms with Gasteiger partial charge in [-0.1, -0.05) is 37.1 Å². The zero-order chi connectivity index (χ0) is 21.5. The number of halogens is 1. The molecule has 4 rings (SSSR count). The Hall–Kier alpha value is -2.60. The summed E-state index contributed by atoms with van der Waals surface area (Å²) in [7, 11) is 0. The van der Waals surface area contributed by atoms with E-state index in [0.29, 0.717) is 26.1 Å². The van der Waals surface area contributed by atoms with Crippen LogP contribution in [-0.2, 0) is 11.3 Å². The van der Waals surface area contributed by atoms with Crippen LogP contribution < -0.4 is 15.0 Å². The lowest BCUT2D eigenvalue weighted by molar-refractivity contribution is -0.121. The molecule has 0 saturated carbocycles. The number of likely N-dealkylation sites (tertiary alicyclic amines) is 1. The summed E-state index contributed by atoms with van der Waals surface area (Å²) in [6.45, 7) is 4.92. The number of benzene rings is 2. The Morgan fingerprint density at radius 1 is 1.03 bits per heavy atom. The van der Waals surface area contributed by atoms with Crippen molar-refractivity contribution in [2.75, 3.05) is 37.7 Å². The molecule has 0 aromatic heterocycles. The molecule has 166 valence electrons. The van der Waals surface area contributed by atoms with E-state index in [4.69, 9.17) is 4.74 Å². The SMILES string of the molecule is O=C(C[C@@H]1COc2ccccc2N1Cc1ccc(F)cc1)NCCN1CCCCCC1. The van der Waals surface area contributed by atoms with Gasteiger partial charge >= 0.3 is 0 Å². The van der Waals surface area contributed by atoms with E-state index in [2.05, 4.69) is 15.1 Å². The highest BCUT2D eigenvalue weighted by Crippen LogP contribution is 2.35. The van der Waals surface area contributed by atoms with Crippen LogP contribution in [0.15, 0.2) is 48.5 Å². The number of nitrogens with zero attached hydrogens (tertiary/aromatic N) is 2. The highest BCUT2D eigenvalue weighted by molar-refractivity contribution is 5.77. The second kappa shape index (κ2) is 10.6. The van der Waals surface area contributed by atoms with Gasteiger partial charge in [-0.15, -0.1) is 0 Å². The molecule has 0 spiro atoms. The molecule has 0 radical (unpaired) electrons. The first-order valence-electron chi connectivity index (χ1n) is 11.4. The molecule has 2 aliphatic rings. The van der Waals surface area contributed by atoms with Crippen molar-refractivity contribution in [1.82, 2.24) is 10.2 Å². The van der Waals surface area contributed by atoms with Gasteiger partial charge in [-0.25, -0.2) is 4.39 Å². The molecule has 5 nitrogen and oxygen atoms in total. The lowest BCUT2D eigenvalue weighted by Crippen LogP contribution is -2.46. The van der Waals surface area contributed by atoms with E-state index in [0.717, 1.165) is 36.6 Å². The number of para-hydroxylation sites is 2. The quantitative estimate of drug-likeness (QED) is 0.729. The van der Waals surface area contributed by atoms with E-state index in [1.54, 1.807) is 12.1 Å². The number of fused-ring (bicyclic) bond motifs is 1. The predicted molar refractivity (Wildman–Crippen MR) is 121 cm³/mol. The number of ether oxygens (including phenoxy) is 1. The third-order valence-electron chi connectivity index (χ3n) is 6.18. The number of rotatable bonds is 7. The molecule has 2 aromatic rings. The summed E-state index contributed by atoms with van der Waals surface area (Å²) in [5.74, 6) is 0.626. The average Bonchev–Trinajstić information content (AvgIpc) is 3.06. The zero-order valence-corrected chi connectivity index (χ0v) is 18.1. The van der Waals surface area contributed by atoms with Crippen molar-refractivity contribution < 1.29 is 13.9 Å². The van der Waals surface area contributed by atoms with E-state index in [-0.39, 0.29) is 17.8 Å². The third-order valence-corrected chi connectivity index (χ3v) is 6.18. The number of carbonyl (C=O) groups is 1. The second-order valence-corrected chi connectivity index (χ2v) is 8.50. The minimum atomic E-state index is -0.244. The Kier molecular flexibility index (Phi) is 7.41. The second-order valence-electron chi connectivity index (χ2n) is 8.50. The first-order chi connectivity index (χ1) is 15.2. The molecule has 31 heavy (non-hydrogen) atoms. The summed E-state index contributed by atoms with van der Waals surface area (Å²) < 4.78 is 19.3. The molecular weight excluding hydrogens is 393 g/mol. The summed E-state index contributed by atoms with van der Waals surface area (Å²) in [6, 6.07) is 14.4. The van der Waals surface area contributed by atoms with Crippen LogP contribution in [0.3, 0.4) is 0 Å². The van der Waals surface area contributed by atoms with Crippen molar-refractivity contribution >= 4 is 11.6 Å². The topological polar surface area (TPSA) is 44.8 Å². The van der Waals surface area contributed by atoms with Crippen LogP contribution in [0.1, 0.15) is 37.7 Å². The van der Waals surface area contributed by atoms with E-state index >= 15 is 0 Å². The fraction of sp³-hybridized carbons (Fsp3) is 0.480. The Bertz CT molecular complexity index is 850. The van der Waals surface area contributed by atoms with E-state index < -0.39 is 0 Å². The van der Waals surface area contributed by atoms with Gasteiger partial charge in [0, 0.05) is 19.6 Å². The van der Waals surface area contributed by atoms with Gasteiger partial charge in [-0.2, -0.15) is 0 Å². The molecule has 1 atom stereocenters. The molecule has 2 aliphatic heterocycles. The highest BCUT2D eigenvalue weighted by Gasteiger charge is 2.29. The standard InChI is InChI=1S/C25H32FN3O2/c26-21-11-9-20(10-12-21)18-29-22(19-31-24-8-4-3-7-23(24)29)17-25(30)27-13-16-28-14-5-1-2-6-15-28/h3-4,7-12,22H,1-2,5-6,13-19H2,(H,27,30)/t22-/m1/s1. The van der Waals surface area contributed by atoms with Crippen molar-refractivity contribution in [2.45, 2.75) is 44.7 Å². The Morgan fingerprint density at radius 2 is 1.77 bits per heavy atom. The van der Waals surface area contributed by atoms with Gasteiger partial charge in [0.05, 0.1) is 18.2 Å². The van der Waals surface area contributed by atoms with Gasteiger partial charge in [0.25, 0.3) is 0 Å². The largest absolute Gasteiger partial charge is 0.489 e. The molecule has 1 saturated heterocycles. The number of anilines is 1. The van der Waals surface area contributed by atoms with Crippen LogP contribution in [0.25, 0.3) is 0 Å². The van der Waals surface area contributed by atoms with Crippen molar-refractivity contribution in [3.63, 3.8) is 0 Å². The van der Waals surface area contributed by atoms with Gasteiger partial charge in [-0.3, -0.25) is 4.79 Å². The molecule has 2 heterocycles. The molecule has 6 heteroatoms. The van der Waals surface area contributed by atoms with Gasteiger partial charge in [-0.05, 0) is 55.8 Å². The lowest BCUT2D eigenvalue weighted by atomic mass is 10.1. The Labute approximate surface area is 184 Å². The molecular formula is C25H32FN3O2. The number of amides is 1. The molecule has 1 fully saturated rings. The number of carbonyl (C=O) groups excluding carboxylic acids is 1. The summed E-state index contributed by atoms with van der Waals surface area (Å²) in [5.41, 5.74) is 1.98. The van der Waals surface area contributed by atoms with Crippen LogP contribution in [0.2, 0.25) is 0 Å². The fourth-order valence-electron chi connectivity index (χ4n) is 4.46. The monoisotopic (exact) mass is 425 g/mol. The maximum atomic E-state index is 13.3. The molecule has 1 N–H and O–H groups in total. The van der Waals surface area contributed by atoms with Gasteiger partial charge in [0.2, 0.25) is 5.91 Å². The maximum Gasteiger partial charge on any atom is 0.222 e. The third kappa shape index (κ3) is 5.97. The van der Waals surface area contributed by atoms with Crippen LogP contribution >= 0.6 is 0 Å². The van der Waals surface area contributed by atoms with E-state index in [1.165, 1.54) is 37.8 Å². The van der Waals surface area contributed by atoms with E-state index in [9.17, 15) is 9.18 Å². The smallest absolute Gasteiger partial charge is 0.222 e. The predicted octanol–water partition coefficient (Wildman–Crippen LogP) is 3.98. The van der Waals surface area contributed by atoms with Crippen molar-refractivity contribution in [3.05, 3.63) is 59.9 Å². The fourth-order valence-corrected chi connectivity index (χ4v) is 4.46. The van der Waals surface area contributed by atoms with Gasteiger partial charge < -0.3 is 19.9 Å². The Morgan fingerprint density at radius 3 is 2.55 bits per heavy atom.